The van der Waals surface area contributed by atoms with Gasteiger partial charge in [-0.05, 0) is 149 Å². The summed E-state index contributed by atoms with van der Waals surface area (Å²) in [6.07, 6.45) is 4.71. The number of pyridine rings is 2. The van der Waals surface area contributed by atoms with Crippen molar-refractivity contribution in [3.63, 3.8) is 0 Å². The van der Waals surface area contributed by atoms with Crippen LogP contribution in [0.25, 0.3) is 22.2 Å². The fraction of sp³-hybridized carbons (Fsp3) is 0.449. The largest absolute Gasteiger partial charge is 0.468 e. The third-order valence-electron chi connectivity index (χ3n) is 11.8. The molecule has 0 bridgehead atoms. The van der Waals surface area contributed by atoms with Gasteiger partial charge in [0.1, 0.15) is 16.0 Å². The Morgan fingerprint density at radius 2 is 1.42 bits per heavy atom. The number of halogens is 2. The number of aromatic amines is 2. The van der Waals surface area contributed by atoms with E-state index in [4.69, 9.17) is 4.74 Å². The van der Waals surface area contributed by atoms with Crippen molar-refractivity contribution in [1.29, 1.82) is 0 Å². The minimum absolute atomic E-state index is 0. The zero-order valence-electron chi connectivity index (χ0n) is 38.6. The van der Waals surface area contributed by atoms with Crippen molar-refractivity contribution in [3.8, 4) is 0 Å². The van der Waals surface area contributed by atoms with E-state index in [1.165, 1.54) is 11.1 Å². The normalized spacial score (nSPS) is 15.7. The first kappa shape index (κ1) is 50.8. The van der Waals surface area contributed by atoms with E-state index in [0.717, 1.165) is 71.4 Å². The highest BCUT2D eigenvalue weighted by molar-refractivity contribution is 9.13. The average Bonchev–Trinajstić information content (AvgIpc) is 3.71. The van der Waals surface area contributed by atoms with Crippen LogP contribution in [0.15, 0.2) is 104 Å². The number of hydrogen-bond donors (Lipinski definition) is 3. The molecule has 0 atom stereocenters. The zero-order valence-corrected chi connectivity index (χ0v) is 41.8. The van der Waals surface area contributed by atoms with Gasteiger partial charge in [-0.2, -0.15) is 0 Å². The van der Waals surface area contributed by atoms with Crippen LogP contribution in [-0.2, 0) is 16.8 Å². The molecule has 4 aromatic heterocycles. The van der Waals surface area contributed by atoms with Gasteiger partial charge < -0.3 is 24.8 Å². The van der Waals surface area contributed by atoms with Gasteiger partial charge in [0.05, 0.1) is 21.0 Å². The fourth-order valence-electron chi connectivity index (χ4n) is 8.48. The van der Waals surface area contributed by atoms with E-state index in [2.05, 4.69) is 115 Å². The molecule has 1 spiro atoms. The van der Waals surface area contributed by atoms with Gasteiger partial charge in [0, 0.05) is 80.6 Å². The Morgan fingerprint density at radius 3 is 2.06 bits per heavy atom. The third-order valence-corrected chi connectivity index (χ3v) is 13.5. The van der Waals surface area contributed by atoms with E-state index in [1.54, 1.807) is 20.2 Å². The number of aromatic nitrogens is 6. The number of nitrogens with zero attached hydrogens (tertiary/aromatic N) is 7. The lowest BCUT2D eigenvalue weighted by Crippen LogP contribution is -2.50. The number of hydrogen-bond acceptors (Lipinski definition) is 8. The molecule has 6 aromatic rings. The molecule has 3 aliphatic heterocycles. The maximum absolute atomic E-state index is 12.4. The lowest BCUT2D eigenvalue weighted by atomic mass is 9.83. The molecule has 1 fully saturated rings. The Balaban J connectivity index is 0.000000163. The standard InChI is InChI=1S/C15H21N3O.C14H20N2O.C10H12N2O.C9H9Br2N3O.CH4/c1-11(2)18-9-6-15(7-10-18)13-5-4-8-16-14(13)17-12(3)19-15;1-14(2,3)16-10-9-11-7-5-6-8-12(11)15(4)13(16)17;1-7(2)12-9-6-4-3-5-8(9)11-10(12)13;1-4(2)14-6-3-5(10)7(11)12-8(6)13-9(14)15;/h4-5,8,11H,3,6-7,9-10H2,1-2H3,(H,16,17);5-8H,9-10H2,1-4H3;3-7H,1-2H3,(H,11,13);3-4H,1-2H3,(H,12,13,15);1H4. The van der Waals surface area contributed by atoms with Crippen LogP contribution in [0.4, 0.5) is 16.3 Å². The molecule has 14 nitrogen and oxygen atoms in total. The van der Waals surface area contributed by atoms with Crippen LogP contribution in [0, 0.1) is 0 Å². The van der Waals surface area contributed by atoms with Crippen LogP contribution in [-0.4, -0.2) is 83.2 Å². The number of rotatable bonds is 3. The van der Waals surface area contributed by atoms with Crippen LogP contribution >= 0.6 is 31.9 Å². The van der Waals surface area contributed by atoms with Crippen molar-refractivity contribution >= 4 is 71.6 Å². The molecule has 9 rings (SSSR count). The zero-order chi connectivity index (χ0) is 46.7. The van der Waals surface area contributed by atoms with E-state index in [0.29, 0.717) is 22.2 Å². The third kappa shape index (κ3) is 11.3. The molecule has 2 amide bonds. The van der Waals surface area contributed by atoms with Gasteiger partial charge in [-0.15, -0.1) is 0 Å². The number of para-hydroxylation sites is 3. The van der Waals surface area contributed by atoms with Crippen molar-refractivity contribution in [3.05, 3.63) is 127 Å². The molecule has 3 aliphatic rings. The summed E-state index contributed by atoms with van der Waals surface area (Å²) >= 11 is 6.67. The molecule has 0 saturated carbocycles. The second-order valence-corrected chi connectivity index (χ2v) is 19.8. The molecule has 0 aliphatic carbocycles. The van der Waals surface area contributed by atoms with E-state index in [-0.39, 0.29) is 48.1 Å². The first-order valence-corrected chi connectivity index (χ1v) is 23.4. The monoisotopic (exact) mass is 1020 g/mol. The first-order chi connectivity index (χ1) is 30.2. The molecule has 7 heterocycles. The number of urea groups is 1. The van der Waals surface area contributed by atoms with E-state index < -0.39 is 0 Å². The summed E-state index contributed by atoms with van der Waals surface area (Å²) in [6, 6.07) is 22.8. The van der Waals surface area contributed by atoms with Crippen molar-refractivity contribution < 1.29 is 9.53 Å². The minimum atomic E-state index is -0.239. The highest BCUT2D eigenvalue weighted by Crippen LogP contribution is 2.44. The molecule has 16 heteroatoms. The second kappa shape index (κ2) is 21.0. The van der Waals surface area contributed by atoms with Crippen molar-refractivity contribution in [2.75, 3.05) is 36.9 Å². The molecule has 0 radical (unpaired) electrons. The van der Waals surface area contributed by atoms with E-state index in [1.807, 2.05) is 94.2 Å². The molecule has 2 aromatic carbocycles. The van der Waals surface area contributed by atoms with Gasteiger partial charge >= 0.3 is 17.4 Å². The number of fused-ring (bicyclic) bond motifs is 5. The second-order valence-electron chi connectivity index (χ2n) is 18.2. The van der Waals surface area contributed by atoms with Gasteiger partial charge in [-0.1, -0.05) is 37.8 Å². The summed E-state index contributed by atoms with van der Waals surface area (Å²) in [6.45, 7) is 25.5. The number of carbonyl (C=O) groups is 1. The number of nitrogens with one attached hydrogen (secondary N) is 3. The number of piperidine rings is 1. The number of ether oxygens (including phenoxy) is 1. The van der Waals surface area contributed by atoms with Crippen LogP contribution in [0.5, 0.6) is 0 Å². The smallest absolute Gasteiger partial charge is 0.327 e. The summed E-state index contributed by atoms with van der Waals surface area (Å²) in [7, 11) is 1.85. The van der Waals surface area contributed by atoms with E-state index >= 15 is 0 Å². The number of benzene rings is 2. The molecular formula is C49H66Br2N10O4. The molecule has 65 heavy (non-hydrogen) atoms. The van der Waals surface area contributed by atoms with Crippen molar-refractivity contribution in [2.24, 2.45) is 0 Å². The molecular weight excluding hydrogens is 952 g/mol. The summed E-state index contributed by atoms with van der Waals surface area (Å²) in [5.74, 6) is 1.51. The fourth-order valence-corrected chi connectivity index (χ4v) is 9.08. The van der Waals surface area contributed by atoms with Crippen LogP contribution in [0.3, 0.4) is 0 Å². The number of imidazole rings is 2. The van der Waals surface area contributed by atoms with Crippen LogP contribution in [0.2, 0.25) is 0 Å². The maximum atomic E-state index is 12.4. The molecule has 350 valence electrons. The minimum Gasteiger partial charge on any atom is -0.468 e. The number of likely N-dealkylation sites (tertiary alicyclic amines) is 1. The first-order valence-electron chi connectivity index (χ1n) is 21.9. The van der Waals surface area contributed by atoms with Gasteiger partial charge in [0.15, 0.2) is 11.5 Å². The average molecular weight is 1020 g/mol. The van der Waals surface area contributed by atoms with Crippen LogP contribution < -0.4 is 21.6 Å². The Hall–Kier alpha value is -5.19. The Labute approximate surface area is 399 Å². The topological polar surface area (TPSA) is 149 Å². The quantitative estimate of drug-likeness (QED) is 0.148. The summed E-state index contributed by atoms with van der Waals surface area (Å²) < 4.78 is 11.1. The predicted octanol–water partition coefficient (Wildman–Crippen LogP) is 11.0. The Morgan fingerprint density at radius 1 is 0.800 bits per heavy atom. The van der Waals surface area contributed by atoms with Gasteiger partial charge in [0.2, 0.25) is 0 Å². The number of anilines is 2. The highest BCUT2D eigenvalue weighted by Gasteiger charge is 2.43. The molecule has 1 saturated heterocycles. The van der Waals surface area contributed by atoms with Crippen molar-refractivity contribution in [2.45, 2.75) is 118 Å². The van der Waals surface area contributed by atoms with Crippen molar-refractivity contribution in [1.82, 2.24) is 38.9 Å². The number of carbonyl (C=O) groups excluding carboxylic acids is 1. The Kier molecular flexibility index (Phi) is 16.4. The number of amides is 2. The van der Waals surface area contributed by atoms with Crippen LogP contribution in [0.1, 0.15) is 106 Å². The van der Waals surface area contributed by atoms with Gasteiger partial charge in [-0.3, -0.25) is 19.0 Å². The van der Waals surface area contributed by atoms with E-state index in [9.17, 15) is 14.4 Å². The van der Waals surface area contributed by atoms with Gasteiger partial charge in [0.25, 0.3) is 0 Å². The lowest BCUT2D eigenvalue weighted by molar-refractivity contribution is -0.0599. The number of H-pyrrole nitrogens is 2. The lowest BCUT2D eigenvalue weighted by Gasteiger charge is -2.46. The summed E-state index contributed by atoms with van der Waals surface area (Å²) in [4.78, 5) is 55.9. The SMILES string of the molecule is C.C=C1Nc2ncccc2C2(CCN(C(C)C)CC2)O1.CC(C)n1c(=O)[nH]c2ccccc21.CC(C)n1c(=O)[nH]c2nc(Br)c(Br)cc21.CN1C(=O)N(C(C)(C)C)CCc2ccccc21. The predicted molar refractivity (Wildman–Crippen MR) is 272 cm³/mol. The maximum Gasteiger partial charge on any atom is 0.327 e. The van der Waals surface area contributed by atoms with Gasteiger partial charge in [-0.25, -0.2) is 24.4 Å². The highest BCUT2D eigenvalue weighted by atomic mass is 79.9. The summed E-state index contributed by atoms with van der Waals surface area (Å²) in [5, 5.41) is 3.12. The molecule has 3 N–H and O–H groups in total. The molecule has 0 unspecified atom stereocenters. The summed E-state index contributed by atoms with van der Waals surface area (Å²) in [5.41, 5.74) is 6.21. The Bertz CT molecular complexity index is 2720.